The summed E-state index contributed by atoms with van der Waals surface area (Å²) in [6.45, 7) is 11.9. The van der Waals surface area contributed by atoms with Crippen LogP contribution in [-0.4, -0.2) is 37.7 Å². The predicted molar refractivity (Wildman–Crippen MR) is 80.8 cm³/mol. The molecule has 0 aliphatic rings. The molecule has 0 fully saturated rings. The van der Waals surface area contributed by atoms with E-state index in [1.807, 2.05) is 6.92 Å². The van der Waals surface area contributed by atoms with Gasteiger partial charge in [0.1, 0.15) is 13.2 Å². The van der Waals surface area contributed by atoms with Crippen molar-refractivity contribution < 1.29 is 28.6 Å². The quantitative estimate of drug-likeness (QED) is 0.330. The van der Waals surface area contributed by atoms with Crippen LogP contribution < -0.4 is 0 Å². The van der Waals surface area contributed by atoms with Crippen LogP contribution in [0, 0.1) is 5.41 Å². The summed E-state index contributed by atoms with van der Waals surface area (Å²) in [7, 11) is 0. The fraction of sp³-hybridized carbons (Fsp3) is 0.438. The first-order valence-electron chi connectivity index (χ1n) is 6.80. The first-order valence-corrected chi connectivity index (χ1v) is 6.80. The Morgan fingerprint density at radius 1 is 0.864 bits per heavy atom. The molecule has 0 saturated carbocycles. The second kappa shape index (κ2) is 10.4. The molecule has 0 atom stereocenters. The molecule has 122 valence electrons. The first kappa shape index (κ1) is 19.6. The van der Waals surface area contributed by atoms with Crippen molar-refractivity contribution in [2.75, 3.05) is 19.8 Å². The van der Waals surface area contributed by atoms with E-state index < -0.39 is 23.3 Å². The summed E-state index contributed by atoms with van der Waals surface area (Å²) in [5.41, 5.74) is -0.654. The van der Waals surface area contributed by atoms with E-state index >= 15 is 0 Å². The van der Waals surface area contributed by atoms with Gasteiger partial charge in [-0.15, -0.1) is 0 Å². The highest BCUT2D eigenvalue weighted by Crippen LogP contribution is 2.28. The monoisotopic (exact) mass is 310 g/mol. The zero-order chi connectivity index (χ0) is 17.0. The molecule has 0 aromatic carbocycles. The Kier molecular flexibility index (Phi) is 9.25. The van der Waals surface area contributed by atoms with Gasteiger partial charge in [0.2, 0.25) is 0 Å². The Morgan fingerprint density at radius 3 is 1.64 bits per heavy atom. The van der Waals surface area contributed by atoms with Gasteiger partial charge in [0.25, 0.3) is 0 Å². The molecule has 6 heteroatoms. The van der Waals surface area contributed by atoms with Gasteiger partial charge in [-0.1, -0.05) is 26.7 Å². The van der Waals surface area contributed by atoms with Crippen LogP contribution in [-0.2, 0) is 28.6 Å². The predicted octanol–water partition coefficient (Wildman–Crippen LogP) is 1.96. The van der Waals surface area contributed by atoms with E-state index in [9.17, 15) is 14.4 Å². The number of hydrogen-bond donors (Lipinski definition) is 0. The third kappa shape index (κ3) is 7.42. The maximum atomic E-state index is 11.2. The highest BCUT2D eigenvalue weighted by atomic mass is 16.6. The molecule has 0 unspecified atom stereocenters. The Balaban J connectivity index is 4.79. The number of carbonyl (C=O) groups excluding carboxylic acids is 3. The molecule has 0 rings (SSSR count). The minimum absolute atomic E-state index is 0.0183. The lowest BCUT2D eigenvalue weighted by Gasteiger charge is -2.31. The topological polar surface area (TPSA) is 78.9 Å². The second-order valence-electron chi connectivity index (χ2n) is 4.60. The van der Waals surface area contributed by atoms with Gasteiger partial charge in [-0.2, -0.15) is 0 Å². The van der Waals surface area contributed by atoms with Gasteiger partial charge in [0.05, 0.1) is 6.61 Å². The number of esters is 3. The van der Waals surface area contributed by atoms with Crippen molar-refractivity contribution in [1.82, 2.24) is 0 Å². The molecule has 0 aromatic heterocycles. The van der Waals surface area contributed by atoms with Gasteiger partial charge in [0, 0.05) is 23.6 Å². The van der Waals surface area contributed by atoms with E-state index in [1.54, 1.807) is 0 Å². The zero-order valence-corrected chi connectivity index (χ0v) is 12.8. The summed E-state index contributed by atoms with van der Waals surface area (Å²) in [5, 5.41) is 0. The van der Waals surface area contributed by atoms with Crippen LogP contribution in [0.1, 0.15) is 19.8 Å². The van der Waals surface area contributed by atoms with Crippen molar-refractivity contribution in [2.45, 2.75) is 19.8 Å². The summed E-state index contributed by atoms with van der Waals surface area (Å²) in [6.07, 6.45) is 4.07. The van der Waals surface area contributed by atoms with Crippen molar-refractivity contribution in [1.29, 1.82) is 0 Å². The zero-order valence-electron chi connectivity index (χ0n) is 12.8. The summed E-state index contributed by atoms with van der Waals surface area (Å²) >= 11 is 0. The molecule has 0 radical (unpaired) electrons. The van der Waals surface area contributed by atoms with Gasteiger partial charge >= 0.3 is 17.9 Å². The van der Waals surface area contributed by atoms with E-state index in [2.05, 4.69) is 19.7 Å². The summed E-state index contributed by atoms with van der Waals surface area (Å²) in [5.74, 6) is -1.69. The number of carbonyl (C=O) groups is 3. The van der Waals surface area contributed by atoms with Crippen LogP contribution in [0.15, 0.2) is 38.0 Å². The van der Waals surface area contributed by atoms with Gasteiger partial charge in [0.15, 0.2) is 0 Å². The molecule has 0 aromatic rings. The van der Waals surface area contributed by atoms with Gasteiger partial charge < -0.3 is 14.2 Å². The van der Waals surface area contributed by atoms with Crippen LogP contribution in [0.2, 0.25) is 0 Å². The van der Waals surface area contributed by atoms with Gasteiger partial charge in [-0.25, -0.2) is 14.4 Å². The Hall–Kier alpha value is -2.37. The molecular formula is C16H22O6. The maximum absolute atomic E-state index is 11.2. The largest absolute Gasteiger partial charge is 0.463 e. The van der Waals surface area contributed by atoms with E-state index in [1.165, 1.54) is 0 Å². The smallest absolute Gasteiger partial charge is 0.330 e. The molecule has 22 heavy (non-hydrogen) atoms. The molecule has 0 heterocycles. The van der Waals surface area contributed by atoms with E-state index in [4.69, 9.17) is 14.2 Å². The van der Waals surface area contributed by atoms with Crippen LogP contribution in [0.3, 0.4) is 0 Å². The van der Waals surface area contributed by atoms with Crippen LogP contribution in [0.5, 0.6) is 0 Å². The lowest BCUT2D eigenvalue weighted by molar-refractivity contribution is -0.151. The van der Waals surface area contributed by atoms with Crippen LogP contribution in [0.25, 0.3) is 0 Å². The average molecular weight is 310 g/mol. The minimum atomic E-state index is -0.654. The Labute approximate surface area is 130 Å². The van der Waals surface area contributed by atoms with Crippen molar-refractivity contribution in [3.05, 3.63) is 38.0 Å². The van der Waals surface area contributed by atoms with Gasteiger partial charge in [-0.05, 0) is 12.8 Å². The third-order valence-electron chi connectivity index (χ3n) is 3.17. The molecule has 0 aliphatic carbocycles. The number of rotatable bonds is 11. The normalized spacial score (nSPS) is 10.2. The summed E-state index contributed by atoms with van der Waals surface area (Å²) < 4.78 is 15.1. The van der Waals surface area contributed by atoms with E-state index in [0.29, 0.717) is 12.8 Å². The standard InChI is InChI=1S/C16H22O6/c1-5-13(17)20-10-9-16(8-4,11-21-14(18)6-2)12-22-15(19)7-3/h5-7H,1-3,8-12H2,4H3. The second-order valence-corrected chi connectivity index (χ2v) is 4.60. The summed E-state index contributed by atoms with van der Waals surface area (Å²) in [6, 6.07) is 0. The van der Waals surface area contributed by atoms with E-state index in [0.717, 1.165) is 18.2 Å². The molecular weight excluding hydrogens is 288 g/mol. The SMILES string of the molecule is C=CC(=O)OCCC(CC)(COC(=O)C=C)COC(=O)C=C. The molecule has 0 N–H and O–H groups in total. The average Bonchev–Trinajstić information content (AvgIpc) is 2.55. The summed E-state index contributed by atoms with van der Waals surface area (Å²) in [4.78, 5) is 33.5. The highest BCUT2D eigenvalue weighted by Gasteiger charge is 2.32. The van der Waals surface area contributed by atoms with Crippen molar-refractivity contribution >= 4 is 17.9 Å². The van der Waals surface area contributed by atoms with Crippen LogP contribution in [0.4, 0.5) is 0 Å². The van der Waals surface area contributed by atoms with Gasteiger partial charge in [-0.3, -0.25) is 0 Å². The Morgan fingerprint density at radius 2 is 1.27 bits per heavy atom. The number of hydrogen-bond acceptors (Lipinski definition) is 6. The third-order valence-corrected chi connectivity index (χ3v) is 3.17. The molecule has 0 spiro atoms. The first-order chi connectivity index (χ1) is 10.4. The fourth-order valence-electron chi connectivity index (χ4n) is 1.56. The molecule has 0 saturated heterocycles. The van der Waals surface area contributed by atoms with Crippen LogP contribution >= 0.6 is 0 Å². The molecule has 6 nitrogen and oxygen atoms in total. The minimum Gasteiger partial charge on any atom is -0.463 e. The Bertz CT molecular complexity index is 414. The molecule has 0 bridgehead atoms. The molecule has 0 aliphatic heterocycles. The highest BCUT2D eigenvalue weighted by molar-refractivity contribution is 5.82. The van der Waals surface area contributed by atoms with Crippen molar-refractivity contribution in [2.24, 2.45) is 5.41 Å². The molecule has 0 amide bonds. The van der Waals surface area contributed by atoms with E-state index in [-0.39, 0.29) is 19.8 Å². The maximum Gasteiger partial charge on any atom is 0.330 e. The van der Waals surface area contributed by atoms with Crippen molar-refractivity contribution in [3.63, 3.8) is 0 Å². The fourth-order valence-corrected chi connectivity index (χ4v) is 1.56. The van der Waals surface area contributed by atoms with Crippen molar-refractivity contribution in [3.8, 4) is 0 Å². The lowest BCUT2D eigenvalue weighted by atomic mass is 9.83. The number of ether oxygens (including phenoxy) is 3. The lowest BCUT2D eigenvalue weighted by Crippen LogP contribution is -2.35.